The fourth-order valence-electron chi connectivity index (χ4n) is 5.27. The predicted molar refractivity (Wildman–Crippen MR) is 163 cm³/mol. The van der Waals surface area contributed by atoms with E-state index in [2.05, 4.69) is 47.2 Å². The molecule has 1 heterocycles. The summed E-state index contributed by atoms with van der Waals surface area (Å²) in [7, 11) is 0. The van der Waals surface area contributed by atoms with E-state index in [0.717, 1.165) is 18.7 Å². The molecule has 3 atom stereocenters. The second-order valence-electron chi connectivity index (χ2n) is 12.0. The lowest BCUT2D eigenvalue weighted by molar-refractivity contribution is -0.155. The number of para-hydroxylation sites is 1. The third-order valence-corrected chi connectivity index (χ3v) is 7.63. The Morgan fingerprint density at radius 3 is 2.27 bits per heavy atom. The van der Waals surface area contributed by atoms with Gasteiger partial charge in [-0.2, -0.15) is 0 Å². The van der Waals surface area contributed by atoms with Crippen LogP contribution in [0.25, 0.3) is 0 Å². The summed E-state index contributed by atoms with van der Waals surface area (Å²) < 4.78 is 5.54. The van der Waals surface area contributed by atoms with Crippen molar-refractivity contribution in [2.75, 3.05) is 31.1 Å². The Labute approximate surface area is 245 Å². The number of ether oxygens (including phenoxy) is 1. The molecule has 41 heavy (non-hydrogen) atoms. The molecule has 1 aliphatic rings. The van der Waals surface area contributed by atoms with Gasteiger partial charge in [0.05, 0.1) is 12.6 Å². The van der Waals surface area contributed by atoms with Crippen LogP contribution in [0.3, 0.4) is 0 Å². The van der Waals surface area contributed by atoms with Gasteiger partial charge in [0.15, 0.2) is 5.78 Å². The van der Waals surface area contributed by atoms with Crippen molar-refractivity contribution < 1.29 is 19.1 Å². The number of esters is 1. The number of fused-ring (bicyclic) bond motifs is 1. The van der Waals surface area contributed by atoms with Gasteiger partial charge in [-0.3, -0.25) is 19.3 Å². The maximum Gasteiger partial charge on any atom is 0.318 e. The molecule has 0 bridgehead atoms. The van der Waals surface area contributed by atoms with Crippen molar-refractivity contribution in [3.8, 4) is 0 Å². The lowest BCUT2D eigenvalue weighted by Crippen LogP contribution is -2.49. The van der Waals surface area contributed by atoms with Crippen LogP contribution in [0.1, 0.15) is 58.6 Å². The van der Waals surface area contributed by atoms with E-state index in [-0.39, 0.29) is 37.2 Å². The summed E-state index contributed by atoms with van der Waals surface area (Å²) in [4.78, 5) is 44.9. The molecule has 2 aromatic rings. The Morgan fingerprint density at radius 1 is 0.927 bits per heavy atom. The normalized spacial score (nSPS) is 16.0. The fourth-order valence-corrected chi connectivity index (χ4v) is 5.27. The van der Waals surface area contributed by atoms with Gasteiger partial charge in [-0.1, -0.05) is 69.3 Å². The molecule has 3 N–H and O–H groups in total. The fraction of sp³-hybridized carbons (Fsp3) is 0.545. The molecule has 2 aromatic carbocycles. The lowest BCUT2D eigenvalue weighted by atomic mass is 9.93. The molecule has 0 aromatic heterocycles. The maximum absolute atomic E-state index is 13.7. The number of anilines is 1. The highest BCUT2D eigenvalue weighted by atomic mass is 16.5. The number of amides is 1. The lowest BCUT2D eigenvalue weighted by Gasteiger charge is -2.29. The van der Waals surface area contributed by atoms with E-state index < -0.39 is 23.8 Å². The monoisotopic (exact) mass is 564 g/mol. The number of carbonyl (C=O) groups excluding carboxylic acids is 3. The van der Waals surface area contributed by atoms with Crippen LogP contribution < -0.4 is 16.0 Å². The minimum atomic E-state index is -1.04. The third-order valence-electron chi connectivity index (χ3n) is 7.63. The molecule has 0 saturated heterocycles. The molecular formula is C33H48N4O4. The van der Waals surface area contributed by atoms with Crippen LogP contribution in [0, 0.1) is 17.8 Å². The van der Waals surface area contributed by atoms with Gasteiger partial charge in [0.25, 0.3) is 0 Å². The summed E-state index contributed by atoms with van der Waals surface area (Å²) in [6.45, 7) is 13.2. The summed E-state index contributed by atoms with van der Waals surface area (Å²) in [5.74, 6) is -2.04. The minimum Gasteiger partial charge on any atom is -0.460 e. The van der Waals surface area contributed by atoms with Crippen LogP contribution in [-0.2, 0) is 32.3 Å². The predicted octanol–water partition coefficient (Wildman–Crippen LogP) is 4.16. The average molecular weight is 565 g/mol. The number of nitrogens with zero attached hydrogens (tertiary/aromatic N) is 2. The zero-order valence-corrected chi connectivity index (χ0v) is 25.3. The number of Topliss-reactive ketones (excluding diaryl/α,β-unsaturated/α-hetero) is 1. The topological polar surface area (TPSA) is 105 Å². The molecular weight excluding hydrogens is 516 g/mol. The smallest absolute Gasteiger partial charge is 0.318 e. The summed E-state index contributed by atoms with van der Waals surface area (Å²) in [6, 6.07) is 17.3. The van der Waals surface area contributed by atoms with E-state index in [1.165, 1.54) is 11.3 Å². The Kier molecular flexibility index (Phi) is 12.4. The van der Waals surface area contributed by atoms with E-state index in [1.807, 2.05) is 57.2 Å². The number of nitrogens with one attached hydrogen (secondary N) is 1. The number of nitrogens with two attached hydrogens (primary N) is 1. The standard InChI is InChI=1S/C33H48N4O4/c1-23(2)17-29(31(38)21-36-15-16-37(24(3)4)30-14-10-9-13-27(30)20-36)35-32(39)28(18-25(5)19-34)33(40)41-22-26-11-7-6-8-12-26/h6-14,23-25,28-29H,15-22,34H2,1-5H3,(H,35,39)/t25?,28-,29-/m0/s1. The first-order chi connectivity index (χ1) is 19.6. The van der Waals surface area contributed by atoms with Crippen molar-refractivity contribution in [1.82, 2.24) is 10.2 Å². The summed E-state index contributed by atoms with van der Waals surface area (Å²) in [5, 5.41) is 2.94. The highest BCUT2D eigenvalue weighted by molar-refractivity contribution is 6.00. The second kappa shape index (κ2) is 15.7. The van der Waals surface area contributed by atoms with Gasteiger partial charge in [-0.05, 0) is 62.3 Å². The zero-order chi connectivity index (χ0) is 29.9. The number of rotatable bonds is 14. The van der Waals surface area contributed by atoms with Crippen LogP contribution in [-0.4, -0.2) is 60.8 Å². The van der Waals surface area contributed by atoms with E-state index >= 15 is 0 Å². The van der Waals surface area contributed by atoms with Crippen LogP contribution in [0.15, 0.2) is 54.6 Å². The molecule has 1 unspecified atom stereocenters. The summed E-state index contributed by atoms with van der Waals surface area (Å²) in [6.07, 6.45) is 0.748. The van der Waals surface area contributed by atoms with Gasteiger partial charge >= 0.3 is 5.97 Å². The van der Waals surface area contributed by atoms with Crippen molar-refractivity contribution >= 4 is 23.3 Å². The van der Waals surface area contributed by atoms with Gasteiger partial charge in [0.1, 0.15) is 12.5 Å². The van der Waals surface area contributed by atoms with Crippen LogP contribution >= 0.6 is 0 Å². The number of carbonyl (C=O) groups is 3. The van der Waals surface area contributed by atoms with Crippen molar-refractivity contribution in [3.05, 3.63) is 65.7 Å². The van der Waals surface area contributed by atoms with E-state index in [0.29, 0.717) is 25.6 Å². The summed E-state index contributed by atoms with van der Waals surface area (Å²) >= 11 is 0. The van der Waals surface area contributed by atoms with Crippen molar-refractivity contribution in [2.24, 2.45) is 23.5 Å². The van der Waals surface area contributed by atoms with Gasteiger partial charge < -0.3 is 20.7 Å². The maximum atomic E-state index is 13.7. The first-order valence-electron chi connectivity index (χ1n) is 14.9. The molecule has 1 aliphatic heterocycles. The van der Waals surface area contributed by atoms with Crippen molar-refractivity contribution in [1.29, 1.82) is 0 Å². The molecule has 0 saturated carbocycles. The molecule has 3 rings (SSSR count). The van der Waals surface area contributed by atoms with Gasteiger partial charge in [0.2, 0.25) is 5.91 Å². The van der Waals surface area contributed by atoms with Crippen molar-refractivity contribution in [3.63, 3.8) is 0 Å². The molecule has 8 nitrogen and oxygen atoms in total. The largest absolute Gasteiger partial charge is 0.460 e. The van der Waals surface area contributed by atoms with E-state index in [9.17, 15) is 14.4 Å². The van der Waals surface area contributed by atoms with Crippen molar-refractivity contribution in [2.45, 2.75) is 72.7 Å². The third kappa shape index (κ3) is 9.68. The quantitative estimate of drug-likeness (QED) is 0.262. The van der Waals surface area contributed by atoms with Crippen LogP contribution in [0.5, 0.6) is 0 Å². The van der Waals surface area contributed by atoms with Gasteiger partial charge in [0, 0.05) is 31.4 Å². The van der Waals surface area contributed by atoms with Gasteiger partial charge in [-0.15, -0.1) is 0 Å². The molecule has 224 valence electrons. The van der Waals surface area contributed by atoms with Crippen LogP contribution in [0.2, 0.25) is 0 Å². The number of ketones is 1. The zero-order valence-electron chi connectivity index (χ0n) is 25.3. The Balaban J connectivity index is 1.72. The van der Waals surface area contributed by atoms with E-state index in [4.69, 9.17) is 10.5 Å². The Hall–Kier alpha value is -3.23. The molecule has 0 spiro atoms. The van der Waals surface area contributed by atoms with Gasteiger partial charge in [-0.25, -0.2) is 0 Å². The average Bonchev–Trinajstić information content (AvgIpc) is 3.13. The number of hydrogen-bond donors (Lipinski definition) is 2. The van der Waals surface area contributed by atoms with Crippen LogP contribution in [0.4, 0.5) is 5.69 Å². The number of hydrogen-bond acceptors (Lipinski definition) is 7. The minimum absolute atomic E-state index is 0.0502. The molecule has 0 radical (unpaired) electrons. The number of benzene rings is 2. The Bertz CT molecular complexity index is 1140. The highest BCUT2D eigenvalue weighted by Gasteiger charge is 2.34. The Morgan fingerprint density at radius 2 is 1.61 bits per heavy atom. The molecule has 0 fully saturated rings. The highest BCUT2D eigenvalue weighted by Crippen LogP contribution is 2.27. The SMILES string of the molecule is CC(C)C[C@H](NC(=O)[C@H](CC(C)CN)C(=O)OCc1ccccc1)C(=O)CN1CCN(C(C)C)c2ccccc2C1. The summed E-state index contributed by atoms with van der Waals surface area (Å²) in [5.41, 5.74) is 9.07. The molecule has 8 heteroatoms. The first kappa shape index (κ1) is 32.3. The molecule has 0 aliphatic carbocycles. The molecule has 1 amide bonds. The first-order valence-corrected chi connectivity index (χ1v) is 14.9. The second-order valence-corrected chi connectivity index (χ2v) is 12.0. The van der Waals surface area contributed by atoms with E-state index in [1.54, 1.807) is 0 Å².